The van der Waals surface area contributed by atoms with E-state index in [9.17, 15) is 43.2 Å². The Hall–Kier alpha value is -0.600. The van der Waals surface area contributed by atoms with E-state index in [1.165, 1.54) is 0 Å². The number of rotatable bonds is 3. The maximum Gasteiger partial charge on any atom is 0.524 e. The van der Waals surface area contributed by atoms with Gasteiger partial charge >= 0.3 is 31.2 Å². The van der Waals surface area contributed by atoms with Crippen molar-refractivity contribution >= 4 is 20.1 Å². The number of halogens is 6. The van der Waals surface area contributed by atoms with Crippen molar-refractivity contribution < 1.29 is 47.5 Å². The summed E-state index contributed by atoms with van der Waals surface area (Å²) >= 11 is 0. The standard InChI is InChI=1S/C3H3F6NO5S2/c1-10(16(11,12)2(4,5)6)15-17(13,14)3(7,8)9/h1H3. The minimum absolute atomic E-state index is 0.147. The number of sulfonamides is 1. The van der Waals surface area contributed by atoms with Crippen molar-refractivity contribution in [1.29, 1.82) is 0 Å². The van der Waals surface area contributed by atoms with E-state index < -0.39 is 35.6 Å². The average molecular weight is 311 g/mol. The van der Waals surface area contributed by atoms with Crippen molar-refractivity contribution in [2.24, 2.45) is 0 Å². The van der Waals surface area contributed by atoms with Crippen molar-refractivity contribution in [2.45, 2.75) is 11.0 Å². The molecule has 0 aromatic carbocycles. The summed E-state index contributed by atoms with van der Waals surface area (Å²) < 4.78 is 113. The third kappa shape index (κ3) is 3.43. The number of hydrogen-bond acceptors (Lipinski definition) is 5. The van der Waals surface area contributed by atoms with Crippen LogP contribution in [0.3, 0.4) is 0 Å². The number of nitrogens with zero attached hydrogens (tertiary/aromatic N) is 1. The average Bonchev–Trinajstić information content (AvgIpc) is 1.98. The number of hydroxylamine groups is 1. The molecule has 0 saturated carbocycles. The highest BCUT2D eigenvalue weighted by molar-refractivity contribution is 7.91. The molecular formula is C3H3F6NO5S2. The van der Waals surface area contributed by atoms with E-state index in [1.54, 1.807) is 0 Å². The molecule has 0 aromatic heterocycles. The van der Waals surface area contributed by atoms with E-state index in [2.05, 4.69) is 4.28 Å². The zero-order valence-corrected chi connectivity index (χ0v) is 9.21. The highest BCUT2D eigenvalue weighted by atomic mass is 32.2. The van der Waals surface area contributed by atoms with E-state index in [1.807, 2.05) is 0 Å². The van der Waals surface area contributed by atoms with Gasteiger partial charge in [-0.05, 0) is 0 Å². The van der Waals surface area contributed by atoms with Crippen LogP contribution in [0, 0.1) is 0 Å². The summed E-state index contributed by atoms with van der Waals surface area (Å²) in [4.78, 5) is 0. The van der Waals surface area contributed by atoms with Gasteiger partial charge in [-0.25, -0.2) is 8.42 Å². The summed E-state index contributed by atoms with van der Waals surface area (Å²) in [5, 5.41) is 0. The molecule has 0 aromatic rings. The molecule has 0 rings (SSSR count). The molecule has 0 saturated heterocycles. The van der Waals surface area contributed by atoms with Crippen LogP contribution in [0.25, 0.3) is 0 Å². The Bertz CT molecular complexity index is 473. The van der Waals surface area contributed by atoms with Crippen molar-refractivity contribution in [1.82, 2.24) is 4.47 Å². The summed E-state index contributed by atoms with van der Waals surface area (Å²) in [6.45, 7) is 0. The minimum Gasteiger partial charge on any atom is -0.200 e. The lowest BCUT2D eigenvalue weighted by molar-refractivity contribution is -0.0816. The highest BCUT2D eigenvalue weighted by Crippen LogP contribution is 2.30. The van der Waals surface area contributed by atoms with Gasteiger partial charge in [0.1, 0.15) is 0 Å². The van der Waals surface area contributed by atoms with Crippen molar-refractivity contribution in [3.05, 3.63) is 0 Å². The molecular weight excluding hydrogens is 308 g/mol. The third-order valence-electron chi connectivity index (χ3n) is 1.12. The normalized spacial score (nSPS) is 15.3. The summed E-state index contributed by atoms with van der Waals surface area (Å²) in [5.74, 6) is 0. The predicted molar refractivity (Wildman–Crippen MR) is 38.8 cm³/mol. The monoisotopic (exact) mass is 311 g/mol. The molecule has 0 bridgehead atoms. The van der Waals surface area contributed by atoms with Crippen LogP contribution >= 0.6 is 0 Å². The van der Waals surface area contributed by atoms with Crippen LogP contribution in [0.4, 0.5) is 26.3 Å². The van der Waals surface area contributed by atoms with Gasteiger partial charge in [0.15, 0.2) is 0 Å². The van der Waals surface area contributed by atoms with Gasteiger partial charge in [-0.3, -0.25) is 0 Å². The first-order valence-electron chi connectivity index (χ1n) is 3.19. The summed E-state index contributed by atoms with van der Waals surface area (Å²) in [6.07, 6.45) is 0. The van der Waals surface area contributed by atoms with Gasteiger partial charge < -0.3 is 0 Å². The maximum atomic E-state index is 11.8. The van der Waals surface area contributed by atoms with E-state index in [0.717, 1.165) is 0 Å². The van der Waals surface area contributed by atoms with Crippen LogP contribution in [0.2, 0.25) is 0 Å². The molecule has 0 fully saturated rings. The molecule has 14 heteroatoms. The number of hydrogen-bond donors (Lipinski definition) is 0. The summed E-state index contributed by atoms with van der Waals surface area (Å²) in [7, 11) is -13.0. The van der Waals surface area contributed by atoms with Gasteiger partial charge in [0.25, 0.3) is 0 Å². The first kappa shape index (κ1) is 16.4. The lowest BCUT2D eigenvalue weighted by Gasteiger charge is -2.18. The Balaban J connectivity index is 5.25. The molecule has 104 valence electrons. The predicted octanol–water partition coefficient (Wildman–Crippen LogP) is 0.549. The second kappa shape index (κ2) is 4.25. The second-order valence-corrected chi connectivity index (χ2v) is 5.78. The smallest absolute Gasteiger partial charge is 0.200 e. The second-order valence-electron chi connectivity index (χ2n) is 2.33. The van der Waals surface area contributed by atoms with E-state index in [4.69, 9.17) is 0 Å². The Labute approximate surface area is 90.9 Å². The molecule has 0 spiro atoms. The fourth-order valence-electron chi connectivity index (χ4n) is 0.366. The van der Waals surface area contributed by atoms with Crippen LogP contribution in [-0.2, 0) is 24.4 Å². The highest BCUT2D eigenvalue weighted by Gasteiger charge is 2.55. The van der Waals surface area contributed by atoms with Crippen LogP contribution in [0.15, 0.2) is 0 Å². The van der Waals surface area contributed by atoms with Crippen LogP contribution < -0.4 is 0 Å². The third-order valence-corrected chi connectivity index (χ3v) is 3.54. The fraction of sp³-hybridized carbons (Fsp3) is 1.00. The van der Waals surface area contributed by atoms with Crippen molar-refractivity contribution in [3.8, 4) is 0 Å². The molecule has 0 radical (unpaired) electrons. The number of alkyl halides is 6. The van der Waals surface area contributed by atoms with Gasteiger partial charge in [-0.15, -0.1) is 0 Å². The molecule has 0 heterocycles. The van der Waals surface area contributed by atoms with E-state index >= 15 is 0 Å². The Morgan fingerprint density at radius 3 is 1.47 bits per heavy atom. The molecule has 0 N–H and O–H groups in total. The topological polar surface area (TPSA) is 80.8 Å². The van der Waals surface area contributed by atoms with Crippen LogP contribution in [0.5, 0.6) is 0 Å². The molecule has 0 aliphatic rings. The molecule has 0 unspecified atom stereocenters. The van der Waals surface area contributed by atoms with Gasteiger partial charge in [-0.1, -0.05) is 4.47 Å². The zero-order chi connectivity index (χ0) is 14.3. The van der Waals surface area contributed by atoms with Gasteiger partial charge in [0.05, 0.1) is 0 Å². The zero-order valence-electron chi connectivity index (χ0n) is 7.57. The molecule has 0 aliphatic heterocycles. The minimum atomic E-state index is -6.49. The molecule has 17 heavy (non-hydrogen) atoms. The van der Waals surface area contributed by atoms with Gasteiger partial charge in [0, 0.05) is 7.05 Å². The molecule has 6 nitrogen and oxygen atoms in total. The quantitative estimate of drug-likeness (QED) is 0.432. The fourth-order valence-corrected chi connectivity index (χ4v) is 1.58. The largest absolute Gasteiger partial charge is 0.524 e. The Morgan fingerprint density at radius 1 is 0.882 bits per heavy atom. The lowest BCUT2D eigenvalue weighted by atomic mass is 11.5. The SMILES string of the molecule is CN(OS(=O)(=O)C(F)(F)F)S(=O)(=O)C(F)(F)F. The van der Waals surface area contributed by atoms with E-state index in [-0.39, 0.29) is 7.05 Å². The Kier molecular flexibility index (Phi) is 4.10. The van der Waals surface area contributed by atoms with Gasteiger partial charge in [0.2, 0.25) is 0 Å². The van der Waals surface area contributed by atoms with Gasteiger partial charge in [-0.2, -0.15) is 39.0 Å². The maximum absolute atomic E-state index is 11.8. The first-order chi connectivity index (χ1) is 7.13. The lowest BCUT2D eigenvalue weighted by Crippen LogP contribution is -2.42. The molecule has 0 aliphatic carbocycles. The first-order valence-corrected chi connectivity index (χ1v) is 6.04. The summed E-state index contributed by atoms with van der Waals surface area (Å²) in [5.41, 5.74) is -12.1. The molecule has 0 amide bonds. The van der Waals surface area contributed by atoms with Crippen molar-refractivity contribution in [3.63, 3.8) is 0 Å². The van der Waals surface area contributed by atoms with Crippen LogP contribution in [-0.4, -0.2) is 39.4 Å². The van der Waals surface area contributed by atoms with Crippen molar-refractivity contribution in [2.75, 3.05) is 7.05 Å². The Morgan fingerprint density at radius 2 is 1.24 bits per heavy atom. The molecule has 0 atom stereocenters. The van der Waals surface area contributed by atoms with Crippen LogP contribution in [0.1, 0.15) is 0 Å². The summed E-state index contributed by atoms with van der Waals surface area (Å²) in [6, 6.07) is 0. The van der Waals surface area contributed by atoms with E-state index in [0.29, 0.717) is 0 Å².